The summed E-state index contributed by atoms with van der Waals surface area (Å²) in [6, 6.07) is 5.08. The number of carbonyl (C=O) groups excluding carboxylic acids is 1. The average molecular weight is 280 g/mol. The number of hydrogen-bond acceptors (Lipinski definition) is 4. The molecule has 2 aromatic rings. The molecule has 2 amide bonds. The van der Waals surface area contributed by atoms with Crippen LogP contribution in [0.5, 0.6) is 0 Å². The minimum absolute atomic E-state index is 0.271. The molecule has 0 atom stereocenters. The quantitative estimate of drug-likeness (QED) is 0.905. The van der Waals surface area contributed by atoms with Gasteiger partial charge in [-0.1, -0.05) is 25.2 Å². The summed E-state index contributed by atoms with van der Waals surface area (Å²) in [5.41, 5.74) is 0.507. The van der Waals surface area contributed by atoms with Gasteiger partial charge in [0.1, 0.15) is 10.8 Å². The Balaban J connectivity index is 1.95. The zero-order valence-corrected chi connectivity index (χ0v) is 11.3. The zero-order chi connectivity index (χ0) is 13.8. The maximum absolute atomic E-state index is 12.7. The molecule has 0 bridgehead atoms. The summed E-state index contributed by atoms with van der Waals surface area (Å²) in [6.45, 7) is 4.01. The summed E-state index contributed by atoms with van der Waals surface area (Å²) in [5.74, 6) is -0.0788. The predicted molar refractivity (Wildman–Crippen MR) is 73.0 cm³/mol. The van der Waals surface area contributed by atoms with Crippen LogP contribution in [0.4, 0.5) is 20.0 Å². The molecule has 1 aromatic heterocycles. The summed E-state index contributed by atoms with van der Waals surface area (Å²) in [5, 5.41) is 14.3. The normalized spacial score (nSPS) is 10.5. The molecule has 5 nitrogen and oxygen atoms in total. The fourth-order valence-electron chi connectivity index (χ4n) is 1.31. The molecule has 2 N–H and O–H groups in total. The van der Waals surface area contributed by atoms with Crippen molar-refractivity contribution >= 4 is 28.2 Å². The van der Waals surface area contributed by atoms with Gasteiger partial charge in [-0.05, 0) is 24.3 Å². The van der Waals surface area contributed by atoms with Crippen molar-refractivity contribution in [1.29, 1.82) is 0 Å². The van der Waals surface area contributed by atoms with Crippen molar-refractivity contribution in [2.75, 3.05) is 10.6 Å². The van der Waals surface area contributed by atoms with Crippen molar-refractivity contribution in [3.8, 4) is 0 Å². The second-order valence-electron chi connectivity index (χ2n) is 4.19. The molecular weight excluding hydrogens is 267 g/mol. The van der Waals surface area contributed by atoms with Gasteiger partial charge in [-0.3, -0.25) is 5.32 Å². The highest BCUT2D eigenvalue weighted by Crippen LogP contribution is 2.22. The Morgan fingerprint density at radius 3 is 2.47 bits per heavy atom. The number of benzene rings is 1. The van der Waals surface area contributed by atoms with E-state index in [2.05, 4.69) is 20.8 Å². The zero-order valence-electron chi connectivity index (χ0n) is 10.5. The number of nitrogens with one attached hydrogen (secondary N) is 2. The van der Waals surface area contributed by atoms with Gasteiger partial charge in [0.2, 0.25) is 5.13 Å². The summed E-state index contributed by atoms with van der Waals surface area (Å²) in [4.78, 5) is 11.7. The molecule has 0 fully saturated rings. The highest BCUT2D eigenvalue weighted by Gasteiger charge is 2.10. The van der Waals surface area contributed by atoms with Gasteiger partial charge in [0, 0.05) is 11.6 Å². The Morgan fingerprint density at radius 1 is 1.21 bits per heavy atom. The van der Waals surface area contributed by atoms with Crippen LogP contribution in [0.3, 0.4) is 0 Å². The highest BCUT2D eigenvalue weighted by atomic mass is 32.1. The minimum atomic E-state index is -0.432. The Morgan fingerprint density at radius 2 is 1.89 bits per heavy atom. The Labute approximate surface area is 113 Å². The minimum Gasteiger partial charge on any atom is -0.308 e. The van der Waals surface area contributed by atoms with Gasteiger partial charge >= 0.3 is 6.03 Å². The molecule has 0 aliphatic heterocycles. The Hall–Kier alpha value is -2.02. The first kappa shape index (κ1) is 13.4. The van der Waals surface area contributed by atoms with E-state index in [9.17, 15) is 9.18 Å². The molecule has 19 heavy (non-hydrogen) atoms. The van der Waals surface area contributed by atoms with Crippen molar-refractivity contribution in [3.05, 3.63) is 35.1 Å². The van der Waals surface area contributed by atoms with E-state index in [4.69, 9.17) is 0 Å². The van der Waals surface area contributed by atoms with Crippen LogP contribution in [0.25, 0.3) is 0 Å². The highest BCUT2D eigenvalue weighted by molar-refractivity contribution is 7.15. The molecular formula is C12H13FN4OS. The first-order chi connectivity index (χ1) is 9.04. The third kappa shape index (κ3) is 3.72. The Bertz CT molecular complexity index is 567. The van der Waals surface area contributed by atoms with Gasteiger partial charge in [-0.25, -0.2) is 9.18 Å². The van der Waals surface area contributed by atoms with E-state index in [1.54, 1.807) is 0 Å². The first-order valence-corrected chi connectivity index (χ1v) is 6.53. The van der Waals surface area contributed by atoms with E-state index in [0.29, 0.717) is 10.8 Å². The number of anilines is 2. The lowest BCUT2D eigenvalue weighted by Gasteiger charge is -2.04. The number of amides is 2. The maximum atomic E-state index is 12.7. The van der Waals surface area contributed by atoms with Crippen molar-refractivity contribution in [1.82, 2.24) is 10.2 Å². The van der Waals surface area contributed by atoms with Gasteiger partial charge in [-0.15, -0.1) is 10.2 Å². The van der Waals surface area contributed by atoms with Crippen molar-refractivity contribution in [2.45, 2.75) is 19.8 Å². The number of rotatable bonds is 3. The second-order valence-corrected chi connectivity index (χ2v) is 5.20. The van der Waals surface area contributed by atoms with E-state index >= 15 is 0 Å². The van der Waals surface area contributed by atoms with Gasteiger partial charge in [0.05, 0.1) is 0 Å². The largest absolute Gasteiger partial charge is 0.325 e. The SMILES string of the molecule is CC(C)c1nnc(NC(=O)Nc2ccc(F)cc2)s1. The summed E-state index contributed by atoms with van der Waals surface area (Å²) in [7, 11) is 0. The second kappa shape index (κ2) is 5.75. The van der Waals surface area contributed by atoms with Crippen LogP contribution < -0.4 is 10.6 Å². The van der Waals surface area contributed by atoms with Crippen LogP contribution in [0.1, 0.15) is 24.8 Å². The molecule has 0 saturated heterocycles. The van der Waals surface area contributed by atoms with Gasteiger partial charge in [0.15, 0.2) is 0 Å². The van der Waals surface area contributed by atoms with Crippen LogP contribution in [0.2, 0.25) is 0 Å². The molecule has 0 aliphatic rings. The fraction of sp³-hybridized carbons (Fsp3) is 0.250. The number of carbonyl (C=O) groups is 1. The number of aromatic nitrogens is 2. The lowest BCUT2D eigenvalue weighted by atomic mass is 10.2. The molecule has 1 aromatic carbocycles. The lowest BCUT2D eigenvalue weighted by Crippen LogP contribution is -2.19. The van der Waals surface area contributed by atoms with Crippen LogP contribution >= 0.6 is 11.3 Å². The number of nitrogens with zero attached hydrogens (tertiary/aromatic N) is 2. The molecule has 1 heterocycles. The van der Waals surface area contributed by atoms with Crippen molar-refractivity contribution in [3.63, 3.8) is 0 Å². The van der Waals surface area contributed by atoms with E-state index in [1.807, 2.05) is 13.8 Å². The van der Waals surface area contributed by atoms with Gasteiger partial charge < -0.3 is 5.32 Å². The van der Waals surface area contributed by atoms with Crippen LogP contribution in [0.15, 0.2) is 24.3 Å². The summed E-state index contributed by atoms with van der Waals surface area (Å²) in [6.07, 6.45) is 0. The van der Waals surface area contributed by atoms with Crippen LogP contribution in [-0.2, 0) is 0 Å². The van der Waals surface area contributed by atoms with E-state index < -0.39 is 6.03 Å². The molecule has 100 valence electrons. The molecule has 2 rings (SSSR count). The van der Waals surface area contributed by atoms with Gasteiger partial charge in [-0.2, -0.15) is 0 Å². The maximum Gasteiger partial charge on any atom is 0.325 e. The summed E-state index contributed by atoms with van der Waals surface area (Å²) < 4.78 is 12.7. The smallest absolute Gasteiger partial charge is 0.308 e. The van der Waals surface area contributed by atoms with Crippen LogP contribution in [0, 0.1) is 5.82 Å². The third-order valence-corrected chi connectivity index (χ3v) is 3.40. The molecule has 7 heteroatoms. The third-order valence-electron chi connectivity index (χ3n) is 2.26. The number of hydrogen-bond donors (Lipinski definition) is 2. The standard InChI is InChI=1S/C12H13FN4OS/c1-7(2)10-16-17-12(19-10)15-11(18)14-9-5-3-8(13)4-6-9/h3-7H,1-2H3,(H2,14,15,17,18). The molecule has 0 spiro atoms. The molecule has 0 aliphatic carbocycles. The molecule has 0 unspecified atom stereocenters. The van der Waals surface area contributed by atoms with Crippen molar-refractivity contribution in [2.24, 2.45) is 0 Å². The van der Waals surface area contributed by atoms with E-state index in [-0.39, 0.29) is 11.7 Å². The first-order valence-electron chi connectivity index (χ1n) is 5.71. The van der Waals surface area contributed by atoms with E-state index in [1.165, 1.54) is 35.6 Å². The van der Waals surface area contributed by atoms with Crippen molar-refractivity contribution < 1.29 is 9.18 Å². The Kier molecular flexibility index (Phi) is 4.06. The molecule has 0 saturated carbocycles. The van der Waals surface area contributed by atoms with Gasteiger partial charge in [0.25, 0.3) is 0 Å². The lowest BCUT2D eigenvalue weighted by molar-refractivity contribution is 0.262. The topological polar surface area (TPSA) is 66.9 Å². The predicted octanol–water partition coefficient (Wildman–Crippen LogP) is 3.44. The number of halogens is 1. The summed E-state index contributed by atoms with van der Waals surface area (Å²) >= 11 is 1.33. The fourth-order valence-corrected chi connectivity index (χ4v) is 2.05. The van der Waals surface area contributed by atoms with E-state index in [0.717, 1.165) is 5.01 Å². The number of urea groups is 1. The monoisotopic (exact) mass is 280 g/mol. The van der Waals surface area contributed by atoms with Crippen LogP contribution in [-0.4, -0.2) is 16.2 Å². The average Bonchev–Trinajstić information content (AvgIpc) is 2.80. The molecule has 0 radical (unpaired) electrons.